The normalized spacial score (nSPS) is 15.8. The van der Waals surface area contributed by atoms with Crippen molar-refractivity contribution < 1.29 is 9.13 Å². The van der Waals surface area contributed by atoms with Crippen LogP contribution in [-0.4, -0.2) is 37.0 Å². The van der Waals surface area contributed by atoms with Gasteiger partial charge in [-0.3, -0.25) is 4.99 Å². The van der Waals surface area contributed by atoms with Gasteiger partial charge in [0.1, 0.15) is 10.9 Å². The van der Waals surface area contributed by atoms with Gasteiger partial charge in [-0.2, -0.15) is 0 Å². The van der Waals surface area contributed by atoms with Crippen molar-refractivity contribution in [3.05, 3.63) is 28.0 Å². The van der Waals surface area contributed by atoms with E-state index in [9.17, 15) is 4.39 Å². The Kier molecular flexibility index (Phi) is 4.74. The Labute approximate surface area is 127 Å². The third-order valence-electron chi connectivity index (χ3n) is 2.95. The smallest absolute Gasteiger partial charge is 0.176 e. The number of halogens is 3. The highest BCUT2D eigenvalue weighted by atomic mass is 35.5. The molecule has 6 heteroatoms. The lowest BCUT2D eigenvalue weighted by atomic mass is 10.2. The Balaban J connectivity index is 2.30. The van der Waals surface area contributed by atoms with Crippen LogP contribution in [0.25, 0.3) is 0 Å². The van der Waals surface area contributed by atoms with Crippen molar-refractivity contribution in [1.82, 2.24) is 4.90 Å². The highest BCUT2D eigenvalue weighted by Gasteiger charge is 2.26. The monoisotopic (exact) mass is 314 g/mol. The van der Waals surface area contributed by atoms with Gasteiger partial charge < -0.3 is 9.64 Å². The Morgan fingerprint density at radius 3 is 2.90 bits per heavy atom. The summed E-state index contributed by atoms with van der Waals surface area (Å²) in [4.78, 5) is 6.27. The number of terminal acetylenes is 1. The van der Waals surface area contributed by atoms with Crippen molar-refractivity contribution in [2.45, 2.75) is 12.5 Å². The van der Waals surface area contributed by atoms with Crippen LogP contribution in [0.4, 0.5) is 4.39 Å². The number of nitrogens with zero attached hydrogens (tertiary/aromatic N) is 2. The van der Waals surface area contributed by atoms with E-state index in [1.165, 1.54) is 12.1 Å². The Bertz CT molecular complexity index is 583. The molecule has 1 unspecified atom stereocenters. The molecule has 0 aliphatic carbocycles. The van der Waals surface area contributed by atoms with Crippen molar-refractivity contribution in [1.29, 1.82) is 0 Å². The number of amidine groups is 1. The molecule has 3 nitrogen and oxygen atoms in total. The third kappa shape index (κ3) is 3.00. The molecule has 2 rings (SSSR count). The number of hydrogen-bond acceptors (Lipinski definition) is 3. The van der Waals surface area contributed by atoms with Gasteiger partial charge in [0.15, 0.2) is 17.7 Å². The van der Waals surface area contributed by atoms with Crippen LogP contribution in [0.15, 0.2) is 17.1 Å². The van der Waals surface area contributed by atoms with E-state index in [2.05, 4.69) is 10.9 Å². The number of hydrogen-bond donors (Lipinski definition) is 0. The van der Waals surface area contributed by atoms with Crippen LogP contribution in [-0.2, 0) is 0 Å². The average Bonchev–Trinajstić information content (AvgIpc) is 2.84. The quantitative estimate of drug-likeness (QED) is 0.629. The second-order valence-electron chi connectivity index (χ2n) is 4.35. The van der Waals surface area contributed by atoms with Crippen molar-refractivity contribution >= 4 is 29.0 Å². The van der Waals surface area contributed by atoms with Crippen LogP contribution < -0.4 is 4.74 Å². The van der Waals surface area contributed by atoms with Crippen molar-refractivity contribution in [3.8, 4) is 18.1 Å². The fourth-order valence-corrected chi connectivity index (χ4v) is 2.30. The first kappa shape index (κ1) is 15.0. The highest BCUT2D eigenvalue weighted by Crippen LogP contribution is 2.35. The Morgan fingerprint density at radius 1 is 1.55 bits per heavy atom. The van der Waals surface area contributed by atoms with Crippen LogP contribution in [0.2, 0.25) is 10.0 Å². The predicted octanol–water partition coefficient (Wildman–Crippen LogP) is 3.25. The molecule has 0 amide bonds. The van der Waals surface area contributed by atoms with E-state index < -0.39 is 11.9 Å². The number of ether oxygens (including phenoxy) is 1. The lowest BCUT2D eigenvalue weighted by Crippen LogP contribution is -2.37. The highest BCUT2D eigenvalue weighted by molar-refractivity contribution is 6.42. The summed E-state index contributed by atoms with van der Waals surface area (Å²) >= 11 is 11.9. The van der Waals surface area contributed by atoms with Crippen molar-refractivity contribution in [2.24, 2.45) is 4.99 Å². The summed E-state index contributed by atoms with van der Waals surface area (Å²) in [5, 5.41) is 0.263. The van der Waals surface area contributed by atoms with E-state index in [1.54, 1.807) is 0 Å². The lowest BCUT2D eigenvalue weighted by Gasteiger charge is -2.23. The maximum Gasteiger partial charge on any atom is 0.176 e. The Hall–Kier alpha value is -1.44. The van der Waals surface area contributed by atoms with Crippen molar-refractivity contribution in [2.75, 3.05) is 20.1 Å². The summed E-state index contributed by atoms with van der Waals surface area (Å²) in [6.07, 6.45) is 5.07. The molecule has 0 radical (unpaired) electrons. The summed E-state index contributed by atoms with van der Waals surface area (Å²) < 4.78 is 19.5. The molecular weight excluding hydrogens is 302 g/mol. The third-order valence-corrected chi connectivity index (χ3v) is 3.74. The van der Waals surface area contributed by atoms with Crippen molar-refractivity contribution in [3.63, 3.8) is 0 Å². The molecule has 0 aromatic heterocycles. The van der Waals surface area contributed by atoms with Gasteiger partial charge in [0.25, 0.3) is 0 Å². The lowest BCUT2D eigenvalue weighted by molar-refractivity contribution is 0.247. The molecule has 1 atom stereocenters. The fourth-order valence-electron chi connectivity index (χ4n) is 1.95. The minimum atomic E-state index is -0.581. The topological polar surface area (TPSA) is 24.8 Å². The molecule has 0 saturated carbocycles. The van der Waals surface area contributed by atoms with Gasteiger partial charge in [-0.25, -0.2) is 4.39 Å². The SMILES string of the molecule is C#CCC(Oc1c(F)ccc(Cl)c1Cl)C1=NCCN1C. The molecule has 1 aromatic carbocycles. The first-order valence-corrected chi connectivity index (χ1v) is 6.79. The largest absolute Gasteiger partial charge is 0.477 e. The van der Waals surface area contributed by atoms with E-state index in [-0.39, 0.29) is 22.2 Å². The van der Waals surface area contributed by atoms with Gasteiger partial charge in [0, 0.05) is 13.6 Å². The molecule has 0 saturated heterocycles. The van der Waals surface area contributed by atoms with Gasteiger partial charge in [-0.05, 0) is 12.1 Å². The zero-order valence-electron chi connectivity index (χ0n) is 10.9. The zero-order chi connectivity index (χ0) is 14.7. The maximum atomic E-state index is 13.8. The fraction of sp³-hybridized carbons (Fsp3) is 0.357. The van der Waals surface area contributed by atoms with Gasteiger partial charge in [0.05, 0.1) is 18.0 Å². The Morgan fingerprint density at radius 2 is 2.30 bits per heavy atom. The molecule has 106 valence electrons. The number of likely N-dealkylation sites (N-methyl/N-ethyl adjacent to an activating group) is 1. The first-order valence-electron chi connectivity index (χ1n) is 6.03. The maximum absolute atomic E-state index is 13.8. The molecule has 0 spiro atoms. The molecule has 1 aromatic rings. The molecule has 1 heterocycles. The van der Waals surface area contributed by atoms with E-state index in [0.29, 0.717) is 12.4 Å². The summed E-state index contributed by atoms with van der Waals surface area (Å²) in [7, 11) is 1.88. The first-order chi connectivity index (χ1) is 9.54. The second kappa shape index (κ2) is 6.34. The second-order valence-corrected chi connectivity index (χ2v) is 5.13. The van der Waals surface area contributed by atoms with Crippen LogP contribution >= 0.6 is 23.2 Å². The van der Waals surface area contributed by atoms with Gasteiger partial charge >= 0.3 is 0 Å². The molecule has 20 heavy (non-hydrogen) atoms. The molecule has 0 fully saturated rings. The molecule has 1 aliphatic heterocycles. The molecule has 0 bridgehead atoms. The average molecular weight is 315 g/mol. The molecule has 1 aliphatic rings. The van der Waals surface area contributed by atoms with E-state index in [1.807, 2.05) is 11.9 Å². The van der Waals surface area contributed by atoms with Crippen LogP contribution in [0.1, 0.15) is 6.42 Å². The summed E-state index contributed by atoms with van der Waals surface area (Å²) in [6, 6.07) is 2.58. The number of rotatable bonds is 4. The van der Waals surface area contributed by atoms with Crippen LogP contribution in [0.5, 0.6) is 5.75 Å². The summed E-state index contributed by atoms with van der Waals surface area (Å²) in [5.41, 5.74) is 0. The van der Waals surface area contributed by atoms with Gasteiger partial charge in [-0.1, -0.05) is 23.2 Å². The van der Waals surface area contributed by atoms with Crippen LogP contribution in [0, 0.1) is 18.2 Å². The van der Waals surface area contributed by atoms with E-state index >= 15 is 0 Å². The predicted molar refractivity (Wildman–Crippen MR) is 79.2 cm³/mol. The van der Waals surface area contributed by atoms with Gasteiger partial charge in [0.2, 0.25) is 0 Å². The summed E-state index contributed by atoms with van der Waals surface area (Å²) in [6.45, 7) is 1.45. The minimum absolute atomic E-state index is 0.0370. The van der Waals surface area contributed by atoms with E-state index in [4.69, 9.17) is 34.4 Å². The zero-order valence-corrected chi connectivity index (χ0v) is 12.4. The van der Waals surface area contributed by atoms with Gasteiger partial charge in [-0.15, -0.1) is 12.3 Å². The van der Waals surface area contributed by atoms with E-state index in [0.717, 1.165) is 6.54 Å². The number of benzene rings is 1. The van der Waals surface area contributed by atoms with Crippen LogP contribution in [0.3, 0.4) is 0 Å². The minimum Gasteiger partial charge on any atom is -0.477 e. The summed E-state index contributed by atoms with van der Waals surface area (Å²) in [5.74, 6) is 2.53. The molecule has 0 N–H and O–H groups in total. The standard InChI is InChI=1S/C14H13Cl2FN2O/c1-3-4-11(14-18-7-8-19(14)2)20-13-10(17)6-5-9(15)12(13)16/h1,5-6,11H,4,7-8H2,2H3. The molecular formula is C14H13Cl2FN2O. The number of aliphatic imine (C=N–C) groups is 1.